The van der Waals surface area contributed by atoms with Crippen LogP contribution in [0.4, 0.5) is 5.69 Å². The lowest BCUT2D eigenvalue weighted by molar-refractivity contribution is 0.0971. The van der Waals surface area contributed by atoms with E-state index in [1.807, 2.05) is 31.2 Å². The second-order valence-electron chi connectivity index (χ2n) is 9.67. The number of fused-ring (bicyclic) bond motifs is 2. The quantitative estimate of drug-likeness (QED) is 0.265. The van der Waals surface area contributed by atoms with Crippen molar-refractivity contribution in [3.05, 3.63) is 98.4 Å². The fourth-order valence-electron chi connectivity index (χ4n) is 4.67. The van der Waals surface area contributed by atoms with Crippen molar-refractivity contribution in [2.75, 3.05) is 18.6 Å². The molecule has 0 aliphatic carbocycles. The molecule has 0 fully saturated rings. The molecule has 190 valence electrons. The number of amides is 1. The van der Waals surface area contributed by atoms with E-state index < -0.39 is 11.9 Å². The van der Waals surface area contributed by atoms with Crippen LogP contribution >= 0.6 is 11.6 Å². The van der Waals surface area contributed by atoms with E-state index in [4.69, 9.17) is 25.5 Å². The number of anilines is 1. The first-order valence-electron chi connectivity index (χ1n) is 12.3. The predicted octanol–water partition coefficient (Wildman–Crippen LogP) is 6.94. The number of halogens is 1. The van der Waals surface area contributed by atoms with E-state index in [0.717, 1.165) is 12.0 Å². The van der Waals surface area contributed by atoms with E-state index in [0.29, 0.717) is 56.8 Å². The van der Waals surface area contributed by atoms with Gasteiger partial charge in [0, 0.05) is 10.7 Å². The van der Waals surface area contributed by atoms with Gasteiger partial charge in [0.15, 0.2) is 16.9 Å². The smallest absolute Gasteiger partial charge is 0.295 e. The molecule has 0 N–H and O–H groups in total. The minimum Gasteiger partial charge on any atom is -0.493 e. The molecule has 2 heterocycles. The van der Waals surface area contributed by atoms with Crippen molar-refractivity contribution in [2.24, 2.45) is 5.92 Å². The minimum absolute atomic E-state index is 0.0301. The third-order valence-electron chi connectivity index (χ3n) is 6.57. The molecule has 1 atom stereocenters. The Morgan fingerprint density at radius 3 is 2.57 bits per heavy atom. The Bertz CT molecular complexity index is 1560. The predicted molar refractivity (Wildman–Crippen MR) is 145 cm³/mol. The third-order valence-corrected chi connectivity index (χ3v) is 6.80. The van der Waals surface area contributed by atoms with Crippen molar-refractivity contribution in [2.45, 2.75) is 33.2 Å². The van der Waals surface area contributed by atoms with Crippen molar-refractivity contribution in [1.29, 1.82) is 0 Å². The highest BCUT2D eigenvalue weighted by Gasteiger charge is 2.44. The summed E-state index contributed by atoms with van der Waals surface area (Å²) in [5, 5.41) is 0.914. The Hall–Kier alpha value is -3.77. The number of nitrogens with zero attached hydrogens (tertiary/aromatic N) is 1. The summed E-state index contributed by atoms with van der Waals surface area (Å²) in [4.78, 5) is 29.2. The summed E-state index contributed by atoms with van der Waals surface area (Å²) < 4.78 is 17.7. The highest BCUT2D eigenvalue weighted by Crippen LogP contribution is 2.43. The highest BCUT2D eigenvalue weighted by atomic mass is 35.5. The van der Waals surface area contributed by atoms with E-state index in [9.17, 15) is 9.59 Å². The SMILES string of the molecule is COc1cc(C2c3c(oc4ccc(C)cc4c3=O)C(=O)N2c2cccc(Cl)c2)ccc1OCCC(C)C. The van der Waals surface area contributed by atoms with Gasteiger partial charge in [-0.05, 0) is 67.3 Å². The molecule has 0 saturated heterocycles. The molecule has 0 radical (unpaired) electrons. The van der Waals surface area contributed by atoms with Gasteiger partial charge < -0.3 is 13.9 Å². The van der Waals surface area contributed by atoms with Gasteiger partial charge in [0.1, 0.15) is 5.58 Å². The Labute approximate surface area is 220 Å². The molecule has 5 rings (SSSR count). The van der Waals surface area contributed by atoms with Crippen LogP contribution in [0.3, 0.4) is 0 Å². The zero-order valence-electron chi connectivity index (χ0n) is 21.2. The molecule has 6 nitrogen and oxygen atoms in total. The van der Waals surface area contributed by atoms with Crippen LogP contribution in [-0.4, -0.2) is 19.6 Å². The summed E-state index contributed by atoms with van der Waals surface area (Å²) in [6.07, 6.45) is 0.908. The first-order chi connectivity index (χ1) is 17.8. The van der Waals surface area contributed by atoms with E-state index in [1.54, 1.807) is 48.4 Å². The molecule has 1 aliphatic rings. The van der Waals surface area contributed by atoms with Crippen molar-refractivity contribution in [3.8, 4) is 11.5 Å². The van der Waals surface area contributed by atoms with Gasteiger partial charge in [-0.15, -0.1) is 0 Å². The Balaban J connectivity index is 1.69. The van der Waals surface area contributed by atoms with Crippen LogP contribution in [0.2, 0.25) is 5.02 Å². The largest absolute Gasteiger partial charge is 0.493 e. The molecule has 0 bridgehead atoms. The lowest BCUT2D eigenvalue weighted by Gasteiger charge is -2.26. The van der Waals surface area contributed by atoms with E-state index in [-0.39, 0.29) is 11.2 Å². The van der Waals surface area contributed by atoms with Crippen LogP contribution in [0, 0.1) is 12.8 Å². The Morgan fingerprint density at radius 2 is 1.84 bits per heavy atom. The lowest BCUT2D eigenvalue weighted by Crippen LogP contribution is -2.29. The molecular formula is C30H28ClNO5. The van der Waals surface area contributed by atoms with Crippen LogP contribution in [0.1, 0.15) is 53.6 Å². The first-order valence-corrected chi connectivity index (χ1v) is 12.6. The average Bonchev–Trinajstić information content (AvgIpc) is 3.17. The number of hydrogen-bond acceptors (Lipinski definition) is 5. The third kappa shape index (κ3) is 4.58. The number of ether oxygens (including phenoxy) is 2. The van der Waals surface area contributed by atoms with Crippen LogP contribution in [0.15, 0.2) is 69.9 Å². The summed E-state index contributed by atoms with van der Waals surface area (Å²) in [7, 11) is 1.57. The van der Waals surface area contributed by atoms with Gasteiger partial charge in [-0.2, -0.15) is 0 Å². The topological polar surface area (TPSA) is 69.0 Å². The zero-order chi connectivity index (χ0) is 26.3. The van der Waals surface area contributed by atoms with Gasteiger partial charge in [-0.1, -0.05) is 49.2 Å². The van der Waals surface area contributed by atoms with Crippen molar-refractivity contribution in [3.63, 3.8) is 0 Å². The summed E-state index contributed by atoms with van der Waals surface area (Å²) >= 11 is 6.29. The Morgan fingerprint density at radius 1 is 1.03 bits per heavy atom. The number of carbonyl (C=O) groups is 1. The van der Waals surface area contributed by atoms with E-state index in [2.05, 4.69) is 13.8 Å². The number of methoxy groups -OCH3 is 1. The van der Waals surface area contributed by atoms with Crippen LogP contribution in [0.25, 0.3) is 11.0 Å². The molecular weight excluding hydrogens is 490 g/mol. The van der Waals surface area contributed by atoms with Crippen molar-refractivity contribution >= 4 is 34.2 Å². The molecule has 1 aliphatic heterocycles. The molecule has 37 heavy (non-hydrogen) atoms. The normalized spacial score (nSPS) is 14.9. The van der Waals surface area contributed by atoms with Crippen LogP contribution in [0.5, 0.6) is 11.5 Å². The average molecular weight is 518 g/mol. The fraction of sp³-hybridized carbons (Fsp3) is 0.267. The monoisotopic (exact) mass is 517 g/mol. The van der Waals surface area contributed by atoms with Gasteiger partial charge in [0.05, 0.1) is 30.7 Å². The maximum Gasteiger partial charge on any atom is 0.295 e. The minimum atomic E-state index is -0.735. The van der Waals surface area contributed by atoms with E-state index >= 15 is 0 Å². The van der Waals surface area contributed by atoms with Crippen LogP contribution in [-0.2, 0) is 0 Å². The molecule has 1 unspecified atom stereocenters. The lowest BCUT2D eigenvalue weighted by atomic mass is 9.97. The molecule has 0 saturated carbocycles. The first kappa shape index (κ1) is 24.9. The van der Waals surface area contributed by atoms with Gasteiger partial charge in [-0.25, -0.2) is 0 Å². The number of rotatable bonds is 7. The number of benzene rings is 3. The van der Waals surface area contributed by atoms with Crippen molar-refractivity contribution < 1.29 is 18.7 Å². The maximum absolute atomic E-state index is 13.9. The molecule has 0 spiro atoms. The molecule has 1 aromatic heterocycles. The molecule has 7 heteroatoms. The number of hydrogen-bond donors (Lipinski definition) is 0. The Kier molecular flexibility index (Phi) is 6.69. The second kappa shape index (κ2) is 9.94. The maximum atomic E-state index is 13.9. The summed E-state index contributed by atoms with van der Waals surface area (Å²) in [5.41, 5.74) is 2.61. The summed E-state index contributed by atoms with van der Waals surface area (Å²) in [6, 6.07) is 17.1. The molecule has 1 amide bonds. The highest BCUT2D eigenvalue weighted by molar-refractivity contribution is 6.31. The van der Waals surface area contributed by atoms with Gasteiger partial charge in [-0.3, -0.25) is 14.5 Å². The van der Waals surface area contributed by atoms with Gasteiger partial charge >= 0.3 is 0 Å². The van der Waals surface area contributed by atoms with E-state index in [1.165, 1.54) is 0 Å². The molecule has 4 aromatic rings. The van der Waals surface area contributed by atoms with Crippen LogP contribution < -0.4 is 19.8 Å². The van der Waals surface area contributed by atoms with Gasteiger partial charge in [0.25, 0.3) is 5.91 Å². The standard InChI is InChI=1S/C30H28ClNO5/c1-17(2)12-13-36-24-11-9-19(15-25(24)35-4)27-26-28(33)22-14-18(3)8-10-23(22)37-29(26)30(34)32(27)21-7-5-6-20(31)16-21/h5-11,14-17,27H,12-13H2,1-4H3. The summed E-state index contributed by atoms with van der Waals surface area (Å²) in [5.74, 6) is 1.26. The zero-order valence-corrected chi connectivity index (χ0v) is 22.0. The fourth-order valence-corrected chi connectivity index (χ4v) is 4.86. The molecule has 3 aromatic carbocycles. The second-order valence-corrected chi connectivity index (χ2v) is 10.1. The van der Waals surface area contributed by atoms with Gasteiger partial charge in [0.2, 0.25) is 5.76 Å². The number of carbonyl (C=O) groups excluding carboxylic acids is 1. The van der Waals surface area contributed by atoms with Crippen molar-refractivity contribution in [1.82, 2.24) is 0 Å². The summed E-state index contributed by atoms with van der Waals surface area (Å²) in [6.45, 7) is 6.75. The number of aryl methyl sites for hydroxylation is 1.